The molecular formula is C22H27N5OS. The zero-order valence-corrected chi connectivity index (χ0v) is 17.9. The van der Waals surface area contributed by atoms with Gasteiger partial charge in [0.15, 0.2) is 11.0 Å². The second-order valence-corrected chi connectivity index (χ2v) is 7.87. The molecule has 2 aromatic carbocycles. The van der Waals surface area contributed by atoms with E-state index in [2.05, 4.69) is 52.6 Å². The monoisotopic (exact) mass is 409 g/mol. The number of benzene rings is 2. The Hall–Kier alpha value is -2.80. The Labute approximate surface area is 176 Å². The number of nitrogens with one attached hydrogen (secondary N) is 1. The van der Waals surface area contributed by atoms with E-state index in [0.717, 1.165) is 35.1 Å². The summed E-state index contributed by atoms with van der Waals surface area (Å²) in [6.45, 7) is 3.60. The van der Waals surface area contributed by atoms with E-state index >= 15 is 0 Å². The normalized spacial score (nSPS) is 10.7. The van der Waals surface area contributed by atoms with Crippen LogP contribution in [0.5, 0.6) is 0 Å². The number of thioether (sulfide) groups is 1. The van der Waals surface area contributed by atoms with Crippen LogP contribution in [-0.4, -0.2) is 46.6 Å². The van der Waals surface area contributed by atoms with E-state index in [-0.39, 0.29) is 5.91 Å². The van der Waals surface area contributed by atoms with E-state index in [1.165, 1.54) is 17.4 Å². The maximum atomic E-state index is 12.2. The molecule has 0 saturated heterocycles. The van der Waals surface area contributed by atoms with Crippen LogP contribution in [0.2, 0.25) is 0 Å². The molecule has 0 aliphatic carbocycles. The van der Waals surface area contributed by atoms with Crippen molar-refractivity contribution >= 4 is 23.4 Å². The van der Waals surface area contributed by atoms with Crippen LogP contribution in [0.3, 0.4) is 0 Å². The lowest BCUT2D eigenvalue weighted by molar-refractivity contribution is -0.118. The van der Waals surface area contributed by atoms with Gasteiger partial charge in [0.2, 0.25) is 5.91 Å². The van der Waals surface area contributed by atoms with Crippen molar-refractivity contribution in [3.63, 3.8) is 0 Å². The number of carbonyl (C=O) groups excluding carboxylic acids is 1. The molecule has 7 heteroatoms. The second-order valence-electron chi connectivity index (χ2n) is 6.93. The van der Waals surface area contributed by atoms with E-state index < -0.39 is 0 Å². The first-order chi connectivity index (χ1) is 14.1. The van der Waals surface area contributed by atoms with Crippen LogP contribution in [0, 0.1) is 6.92 Å². The van der Waals surface area contributed by atoms with Gasteiger partial charge in [0.25, 0.3) is 0 Å². The third-order valence-electron chi connectivity index (χ3n) is 4.74. The van der Waals surface area contributed by atoms with Gasteiger partial charge in [0.1, 0.15) is 0 Å². The summed E-state index contributed by atoms with van der Waals surface area (Å²) < 4.78 is 1.94. The molecule has 0 radical (unpaired) electrons. The van der Waals surface area contributed by atoms with Gasteiger partial charge in [-0.1, -0.05) is 54.2 Å². The molecule has 0 aliphatic rings. The Morgan fingerprint density at radius 2 is 1.83 bits per heavy atom. The van der Waals surface area contributed by atoms with E-state index in [0.29, 0.717) is 12.3 Å². The Morgan fingerprint density at radius 3 is 2.59 bits per heavy atom. The standard InChI is InChI=1S/C22H27N5OS/c1-17-10-7-8-13-19(17)21-24-25-22(27(21)3)29-16-20(28)23-14-9-15-26(2)18-11-5-4-6-12-18/h4-8,10-13H,9,14-16H2,1-3H3,(H,23,28). The van der Waals surface area contributed by atoms with Crippen LogP contribution in [0.15, 0.2) is 59.8 Å². The lowest BCUT2D eigenvalue weighted by Crippen LogP contribution is -2.29. The summed E-state index contributed by atoms with van der Waals surface area (Å²) >= 11 is 1.40. The molecule has 0 unspecified atom stereocenters. The number of carbonyl (C=O) groups is 1. The molecule has 1 aromatic heterocycles. The first-order valence-corrected chi connectivity index (χ1v) is 10.7. The fourth-order valence-corrected chi connectivity index (χ4v) is 3.78. The van der Waals surface area contributed by atoms with Crippen molar-refractivity contribution in [2.45, 2.75) is 18.5 Å². The lowest BCUT2D eigenvalue weighted by atomic mass is 10.1. The molecule has 1 N–H and O–H groups in total. The lowest BCUT2D eigenvalue weighted by Gasteiger charge is -2.19. The van der Waals surface area contributed by atoms with E-state index in [9.17, 15) is 4.79 Å². The highest BCUT2D eigenvalue weighted by Crippen LogP contribution is 2.24. The summed E-state index contributed by atoms with van der Waals surface area (Å²) in [4.78, 5) is 14.4. The van der Waals surface area contributed by atoms with Crippen LogP contribution in [0.4, 0.5) is 5.69 Å². The largest absolute Gasteiger partial charge is 0.375 e. The molecule has 152 valence electrons. The summed E-state index contributed by atoms with van der Waals surface area (Å²) in [6, 6.07) is 18.3. The van der Waals surface area contributed by atoms with E-state index in [4.69, 9.17) is 0 Å². The third kappa shape index (κ3) is 5.60. The minimum atomic E-state index is 0.0119. The molecule has 0 saturated carbocycles. The number of aryl methyl sites for hydroxylation is 1. The van der Waals surface area contributed by atoms with Crippen LogP contribution >= 0.6 is 11.8 Å². The van der Waals surface area contributed by atoms with Gasteiger partial charge >= 0.3 is 0 Å². The second kappa shape index (κ2) is 10.1. The number of para-hydroxylation sites is 1. The quantitative estimate of drug-likeness (QED) is 0.433. The molecule has 6 nitrogen and oxygen atoms in total. The molecule has 0 fully saturated rings. The van der Waals surface area contributed by atoms with Crippen LogP contribution < -0.4 is 10.2 Å². The average Bonchev–Trinajstić information content (AvgIpc) is 3.10. The molecular weight excluding hydrogens is 382 g/mol. The Morgan fingerprint density at radius 1 is 1.10 bits per heavy atom. The number of hydrogen-bond acceptors (Lipinski definition) is 5. The van der Waals surface area contributed by atoms with Crippen molar-refractivity contribution in [1.29, 1.82) is 0 Å². The van der Waals surface area contributed by atoms with Crippen molar-refractivity contribution in [2.24, 2.45) is 7.05 Å². The minimum absolute atomic E-state index is 0.0119. The van der Waals surface area contributed by atoms with Crippen molar-refractivity contribution in [1.82, 2.24) is 20.1 Å². The summed E-state index contributed by atoms with van der Waals surface area (Å²) in [7, 11) is 3.99. The highest BCUT2D eigenvalue weighted by molar-refractivity contribution is 7.99. The van der Waals surface area contributed by atoms with Gasteiger partial charge < -0.3 is 14.8 Å². The summed E-state index contributed by atoms with van der Waals surface area (Å²) in [5.41, 5.74) is 3.39. The molecule has 1 amide bonds. The van der Waals surface area contributed by atoms with Crippen LogP contribution in [-0.2, 0) is 11.8 Å². The SMILES string of the molecule is Cc1ccccc1-c1nnc(SCC(=O)NCCCN(C)c2ccccc2)n1C. The molecule has 3 aromatic rings. The predicted molar refractivity (Wildman–Crippen MR) is 119 cm³/mol. The van der Waals surface area contributed by atoms with Gasteiger partial charge in [-0.2, -0.15) is 0 Å². The van der Waals surface area contributed by atoms with Gasteiger partial charge in [0, 0.05) is 38.4 Å². The number of anilines is 1. The smallest absolute Gasteiger partial charge is 0.230 e. The zero-order chi connectivity index (χ0) is 20.6. The number of amides is 1. The molecule has 0 aliphatic heterocycles. The van der Waals surface area contributed by atoms with Crippen molar-refractivity contribution < 1.29 is 4.79 Å². The molecule has 29 heavy (non-hydrogen) atoms. The number of nitrogens with zero attached hydrogens (tertiary/aromatic N) is 4. The molecule has 0 bridgehead atoms. The first kappa shape index (κ1) is 20.9. The van der Waals surface area contributed by atoms with Gasteiger partial charge in [-0.15, -0.1) is 10.2 Å². The third-order valence-corrected chi connectivity index (χ3v) is 5.76. The fraction of sp³-hybridized carbons (Fsp3) is 0.318. The molecule has 1 heterocycles. The van der Waals surface area contributed by atoms with Crippen molar-refractivity contribution in [3.8, 4) is 11.4 Å². The fourth-order valence-electron chi connectivity index (χ4n) is 3.04. The van der Waals surface area contributed by atoms with Gasteiger partial charge in [-0.25, -0.2) is 0 Å². The Balaban J connectivity index is 1.43. The van der Waals surface area contributed by atoms with Crippen molar-refractivity contribution in [3.05, 3.63) is 60.2 Å². The maximum Gasteiger partial charge on any atom is 0.230 e. The van der Waals surface area contributed by atoms with E-state index in [1.807, 2.05) is 48.0 Å². The summed E-state index contributed by atoms with van der Waals surface area (Å²) in [5.74, 6) is 1.15. The Kier molecular flexibility index (Phi) is 7.30. The molecule has 3 rings (SSSR count). The first-order valence-electron chi connectivity index (χ1n) is 9.67. The summed E-state index contributed by atoms with van der Waals surface area (Å²) in [5, 5.41) is 12.3. The topological polar surface area (TPSA) is 63.1 Å². The number of aromatic nitrogens is 3. The molecule has 0 spiro atoms. The summed E-state index contributed by atoms with van der Waals surface area (Å²) in [6.07, 6.45) is 0.892. The molecule has 0 atom stereocenters. The van der Waals surface area contributed by atoms with Crippen LogP contribution in [0.25, 0.3) is 11.4 Å². The maximum absolute atomic E-state index is 12.2. The zero-order valence-electron chi connectivity index (χ0n) is 17.1. The predicted octanol–water partition coefficient (Wildman–Crippen LogP) is 3.53. The van der Waals surface area contributed by atoms with Crippen LogP contribution in [0.1, 0.15) is 12.0 Å². The highest BCUT2D eigenvalue weighted by Gasteiger charge is 2.14. The van der Waals surface area contributed by atoms with Gasteiger partial charge in [-0.3, -0.25) is 4.79 Å². The number of hydrogen-bond donors (Lipinski definition) is 1. The minimum Gasteiger partial charge on any atom is -0.375 e. The Bertz CT molecular complexity index is 941. The van der Waals surface area contributed by atoms with Gasteiger partial charge in [0.05, 0.1) is 5.75 Å². The van der Waals surface area contributed by atoms with Crippen molar-refractivity contribution in [2.75, 3.05) is 30.8 Å². The average molecular weight is 410 g/mol. The van der Waals surface area contributed by atoms with Gasteiger partial charge in [-0.05, 0) is 31.0 Å². The van der Waals surface area contributed by atoms with E-state index in [1.54, 1.807) is 0 Å². The highest BCUT2D eigenvalue weighted by atomic mass is 32.2. The number of rotatable bonds is 9.